The number of piperidine rings is 1. The first-order chi connectivity index (χ1) is 8.63. The molecule has 0 aromatic heterocycles. The highest BCUT2D eigenvalue weighted by Gasteiger charge is 2.25. The van der Waals surface area contributed by atoms with Gasteiger partial charge in [0.15, 0.2) is 0 Å². The van der Waals surface area contributed by atoms with Crippen LogP contribution >= 0.6 is 15.9 Å². The second-order valence-electron chi connectivity index (χ2n) is 4.57. The molecule has 0 atom stereocenters. The van der Waals surface area contributed by atoms with Gasteiger partial charge in [-0.2, -0.15) is 0 Å². The summed E-state index contributed by atoms with van der Waals surface area (Å²) in [6.45, 7) is 1.97. The van der Waals surface area contributed by atoms with Crippen molar-refractivity contribution < 1.29 is 9.18 Å². The Morgan fingerprint density at radius 2 is 2.11 bits per heavy atom. The van der Waals surface area contributed by atoms with Crippen LogP contribution in [0.15, 0.2) is 22.7 Å². The Bertz CT molecular complexity index is 424. The van der Waals surface area contributed by atoms with Crippen LogP contribution in [0.5, 0.6) is 0 Å². The van der Waals surface area contributed by atoms with Gasteiger partial charge in [-0.25, -0.2) is 4.39 Å². The van der Waals surface area contributed by atoms with Crippen molar-refractivity contribution in [2.45, 2.75) is 12.8 Å². The summed E-state index contributed by atoms with van der Waals surface area (Å²) >= 11 is 3.23. The van der Waals surface area contributed by atoms with Gasteiger partial charge in [0.25, 0.3) is 5.91 Å². The third-order valence-electron chi connectivity index (χ3n) is 3.41. The molecule has 0 saturated carbocycles. The van der Waals surface area contributed by atoms with Gasteiger partial charge in [-0.05, 0) is 53.4 Å². The topological polar surface area (TPSA) is 46.3 Å². The molecule has 1 heterocycles. The van der Waals surface area contributed by atoms with Crippen LogP contribution in [0, 0.1) is 11.7 Å². The molecule has 0 aliphatic carbocycles. The van der Waals surface area contributed by atoms with Crippen molar-refractivity contribution in [3.63, 3.8) is 0 Å². The first kappa shape index (κ1) is 13.5. The molecule has 1 saturated heterocycles. The fourth-order valence-corrected chi connectivity index (χ4v) is 2.74. The molecule has 1 aromatic rings. The molecular formula is C13H16BrFN2O. The third kappa shape index (κ3) is 2.72. The van der Waals surface area contributed by atoms with E-state index in [-0.39, 0.29) is 11.5 Å². The minimum Gasteiger partial charge on any atom is -0.339 e. The van der Waals surface area contributed by atoms with Gasteiger partial charge in [-0.3, -0.25) is 4.79 Å². The lowest BCUT2D eigenvalue weighted by atomic mass is 9.96. The van der Waals surface area contributed by atoms with Gasteiger partial charge in [-0.1, -0.05) is 6.07 Å². The van der Waals surface area contributed by atoms with Crippen LogP contribution in [0.25, 0.3) is 0 Å². The highest BCUT2D eigenvalue weighted by atomic mass is 79.9. The molecule has 2 N–H and O–H groups in total. The van der Waals surface area contributed by atoms with Crippen molar-refractivity contribution in [3.05, 3.63) is 34.1 Å². The van der Waals surface area contributed by atoms with Gasteiger partial charge in [0.1, 0.15) is 5.82 Å². The van der Waals surface area contributed by atoms with Gasteiger partial charge in [-0.15, -0.1) is 0 Å². The molecule has 0 spiro atoms. The van der Waals surface area contributed by atoms with Gasteiger partial charge in [0, 0.05) is 17.6 Å². The average Bonchev–Trinajstić information content (AvgIpc) is 2.38. The lowest BCUT2D eigenvalue weighted by Crippen LogP contribution is -2.40. The number of hydrogen-bond donors (Lipinski definition) is 1. The molecule has 2 rings (SSSR count). The maximum atomic E-state index is 13.7. The summed E-state index contributed by atoms with van der Waals surface area (Å²) < 4.78 is 14.2. The van der Waals surface area contributed by atoms with Crippen molar-refractivity contribution in [2.75, 3.05) is 19.6 Å². The van der Waals surface area contributed by atoms with Crippen molar-refractivity contribution >= 4 is 21.8 Å². The summed E-state index contributed by atoms with van der Waals surface area (Å²) in [6.07, 6.45) is 1.79. The molecule has 5 heteroatoms. The van der Waals surface area contributed by atoms with Gasteiger partial charge >= 0.3 is 0 Å². The SMILES string of the molecule is NCC1CCN(C(=O)c2c(F)cccc2Br)CC1. The van der Waals surface area contributed by atoms with E-state index in [9.17, 15) is 9.18 Å². The quantitative estimate of drug-likeness (QED) is 0.911. The Morgan fingerprint density at radius 1 is 1.44 bits per heavy atom. The number of nitrogens with two attached hydrogens (primary N) is 1. The number of rotatable bonds is 2. The largest absolute Gasteiger partial charge is 0.339 e. The molecule has 3 nitrogen and oxygen atoms in total. The van der Waals surface area contributed by atoms with Crippen molar-refractivity contribution in [1.82, 2.24) is 4.90 Å². The predicted molar refractivity (Wildman–Crippen MR) is 71.8 cm³/mol. The zero-order chi connectivity index (χ0) is 13.1. The Labute approximate surface area is 114 Å². The summed E-state index contributed by atoms with van der Waals surface area (Å²) in [6, 6.07) is 4.57. The summed E-state index contributed by atoms with van der Waals surface area (Å²) in [7, 11) is 0. The smallest absolute Gasteiger partial charge is 0.257 e. The maximum absolute atomic E-state index is 13.7. The minimum absolute atomic E-state index is 0.128. The van der Waals surface area contributed by atoms with Gasteiger partial charge < -0.3 is 10.6 Å². The number of amides is 1. The van der Waals surface area contributed by atoms with Crippen molar-refractivity contribution in [3.8, 4) is 0 Å². The van der Waals surface area contributed by atoms with Gasteiger partial charge in [0.2, 0.25) is 0 Å². The zero-order valence-corrected chi connectivity index (χ0v) is 11.6. The van der Waals surface area contributed by atoms with E-state index in [2.05, 4.69) is 15.9 Å². The molecule has 1 aliphatic heterocycles. The number of carbonyl (C=O) groups excluding carboxylic acids is 1. The van der Waals surface area contributed by atoms with E-state index in [1.54, 1.807) is 17.0 Å². The van der Waals surface area contributed by atoms with Crippen molar-refractivity contribution in [1.29, 1.82) is 0 Å². The van der Waals surface area contributed by atoms with E-state index in [0.717, 1.165) is 12.8 Å². The van der Waals surface area contributed by atoms with Crippen LogP contribution in [-0.4, -0.2) is 30.4 Å². The fraction of sp³-hybridized carbons (Fsp3) is 0.462. The van der Waals surface area contributed by atoms with E-state index < -0.39 is 5.82 Å². The van der Waals surface area contributed by atoms with E-state index in [1.807, 2.05) is 0 Å². The highest BCUT2D eigenvalue weighted by Crippen LogP contribution is 2.24. The molecule has 98 valence electrons. The Hall–Kier alpha value is -0.940. The van der Waals surface area contributed by atoms with E-state index in [4.69, 9.17) is 5.73 Å². The predicted octanol–water partition coefficient (Wildman–Crippen LogP) is 2.40. The van der Waals surface area contributed by atoms with Crippen LogP contribution in [0.3, 0.4) is 0 Å². The number of hydrogen-bond acceptors (Lipinski definition) is 2. The molecule has 1 aromatic carbocycles. The van der Waals surface area contributed by atoms with E-state index in [0.29, 0.717) is 30.0 Å². The van der Waals surface area contributed by atoms with Gasteiger partial charge in [0.05, 0.1) is 5.56 Å². The summed E-state index contributed by atoms with van der Waals surface area (Å²) in [4.78, 5) is 14.0. The Balaban J connectivity index is 2.13. The van der Waals surface area contributed by atoms with Crippen LogP contribution in [0.1, 0.15) is 23.2 Å². The van der Waals surface area contributed by atoms with Crippen LogP contribution in [-0.2, 0) is 0 Å². The molecule has 18 heavy (non-hydrogen) atoms. The second-order valence-corrected chi connectivity index (χ2v) is 5.42. The van der Waals surface area contributed by atoms with Crippen molar-refractivity contribution in [2.24, 2.45) is 11.7 Å². The molecule has 1 amide bonds. The zero-order valence-electron chi connectivity index (χ0n) is 10.0. The highest BCUT2D eigenvalue weighted by molar-refractivity contribution is 9.10. The molecular weight excluding hydrogens is 299 g/mol. The lowest BCUT2D eigenvalue weighted by Gasteiger charge is -2.31. The lowest BCUT2D eigenvalue weighted by molar-refractivity contribution is 0.0687. The number of nitrogens with zero attached hydrogens (tertiary/aromatic N) is 1. The molecule has 0 bridgehead atoms. The molecule has 0 unspecified atom stereocenters. The van der Waals surface area contributed by atoms with Crippen LogP contribution in [0.4, 0.5) is 4.39 Å². The Kier molecular flexibility index (Phi) is 4.35. The molecule has 1 fully saturated rings. The fourth-order valence-electron chi connectivity index (χ4n) is 2.23. The first-order valence-corrected chi connectivity index (χ1v) is 6.86. The second kappa shape index (κ2) is 5.80. The normalized spacial score (nSPS) is 16.9. The standard InChI is InChI=1S/C13H16BrFN2O/c14-10-2-1-3-11(15)12(10)13(18)17-6-4-9(8-16)5-7-17/h1-3,9H,4-8,16H2. The molecule has 0 radical (unpaired) electrons. The van der Waals surface area contributed by atoms with Crippen LogP contribution in [0.2, 0.25) is 0 Å². The minimum atomic E-state index is -0.477. The van der Waals surface area contributed by atoms with E-state index >= 15 is 0 Å². The van der Waals surface area contributed by atoms with E-state index in [1.165, 1.54) is 6.07 Å². The maximum Gasteiger partial charge on any atom is 0.257 e. The Morgan fingerprint density at radius 3 is 2.67 bits per heavy atom. The average molecular weight is 315 g/mol. The number of likely N-dealkylation sites (tertiary alicyclic amines) is 1. The third-order valence-corrected chi connectivity index (χ3v) is 4.07. The monoisotopic (exact) mass is 314 g/mol. The number of benzene rings is 1. The summed E-state index contributed by atoms with van der Waals surface area (Å²) in [5.41, 5.74) is 5.74. The summed E-state index contributed by atoms with van der Waals surface area (Å²) in [5, 5.41) is 0. The molecule has 1 aliphatic rings. The summed E-state index contributed by atoms with van der Waals surface area (Å²) in [5.74, 6) is -0.233. The van der Waals surface area contributed by atoms with Crippen LogP contribution < -0.4 is 5.73 Å². The number of carbonyl (C=O) groups is 1. The first-order valence-electron chi connectivity index (χ1n) is 6.07. The number of halogens is 2.